The zero-order valence-corrected chi connectivity index (χ0v) is 11.7. The van der Waals surface area contributed by atoms with Crippen LogP contribution in [0.4, 0.5) is 11.5 Å². The van der Waals surface area contributed by atoms with Crippen molar-refractivity contribution in [2.75, 3.05) is 11.9 Å². The maximum Gasteiger partial charge on any atom is 0.333 e. The Morgan fingerprint density at radius 2 is 2.06 bits per heavy atom. The summed E-state index contributed by atoms with van der Waals surface area (Å²) in [5.74, 6) is 1.49. The first kappa shape index (κ1) is 14.5. The van der Waals surface area contributed by atoms with Gasteiger partial charge in [0.25, 0.3) is 0 Å². The van der Waals surface area contributed by atoms with Gasteiger partial charge in [0.05, 0.1) is 4.92 Å². The highest BCUT2D eigenvalue weighted by Crippen LogP contribution is 2.28. The molecule has 0 aliphatic heterocycles. The number of rotatable bonds is 6. The normalized spacial score (nSPS) is 12.8. The van der Waals surface area contributed by atoms with Crippen LogP contribution in [0.2, 0.25) is 0 Å². The van der Waals surface area contributed by atoms with Gasteiger partial charge in [0.2, 0.25) is 5.82 Å². The van der Waals surface area contributed by atoms with Gasteiger partial charge in [-0.2, -0.15) is 5.10 Å². The molecule has 1 rings (SSSR count). The smallest absolute Gasteiger partial charge is 0.333 e. The summed E-state index contributed by atoms with van der Waals surface area (Å²) in [6.45, 7) is 8.99. The second kappa shape index (κ2) is 5.84. The summed E-state index contributed by atoms with van der Waals surface area (Å²) in [6, 6.07) is 0. The Balaban J connectivity index is 2.94. The van der Waals surface area contributed by atoms with Gasteiger partial charge in [0, 0.05) is 13.6 Å². The quantitative estimate of drug-likeness (QED) is 0.625. The van der Waals surface area contributed by atoms with Crippen molar-refractivity contribution in [3.05, 3.63) is 15.8 Å². The van der Waals surface area contributed by atoms with Crippen molar-refractivity contribution in [3.8, 4) is 0 Å². The third-order valence-corrected chi connectivity index (χ3v) is 3.34. The van der Waals surface area contributed by atoms with Crippen LogP contribution in [0, 0.1) is 22.0 Å². The molecule has 1 N–H and O–H groups in total. The minimum atomic E-state index is -0.353. The number of nitrogens with zero attached hydrogens (tertiary/aromatic N) is 3. The van der Waals surface area contributed by atoms with Crippen LogP contribution in [0.3, 0.4) is 0 Å². The first-order valence-corrected chi connectivity index (χ1v) is 6.32. The Bertz CT molecular complexity index is 426. The Morgan fingerprint density at radius 3 is 2.50 bits per heavy atom. The molecule has 0 bridgehead atoms. The van der Waals surface area contributed by atoms with Crippen LogP contribution >= 0.6 is 0 Å². The lowest BCUT2D eigenvalue weighted by Crippen LogP contribution is -2.18. The molecule has 0 aromatic carbocycles. The van der Waals surface area contributed by atoms with E-state index in [1.165, 1.54) is 0 Å². The summed E-state index contributed by atoms with van der Waals surface area (Å²) in [5.41, 5.74) is 0.637. The molecule has 0 amide bonds. The van der Waals surface area contributed by atoms with E-state index in [9.17, 15) is 10.1 Å². The fourth-order valence-electron chi connectivity index (χ4n) is 1.69. The summed E-state index contributed by atoms with van der Waals surface area (Å²) >= 11 is 0. The summed E-state index contributed by atoms with van der Waals surface area (Å²) in [6.07, 6.45) is 0.561. The molecule has 0 fully saturated rings. The van der Waals surface area contributed by atoms with Gasteiger partial charge in [-0.1, -0.05) is 27.7 Å². The standard InChI is InChI=1S/C12H22N4O2/c1-6-10-11(16(17)18)12(15(5)14-10)13-7-9(4)8(2)3/h8-9,13H,6-7H2,1-5H3. The van der Waals surface area contributed by atoms with Crippen LogP contribution in [0.25, 0.3) is 0 Å². The van der Waals surface area contributed by atoms with Gasteiger partial charge in [-0.3, -0.25) is 10.1 Å². The molecule has 1 atom stereocenters. The Labute approximate surface area is 108 Å². The maximum absolute atomic E-state index is 11.1. The molecule has 0 aliphatic carbocycles. The second-order valence-corrected chi connectivity index (χ2v) is 4.98. The Hall–Kier alpha value is -1.59. The third kappa shape index (κ3) is 3.00. The molecule has 1 aromatic heterocycles. The monoisotopic (exact) mass is 254 g/mol. The molecule has 1 aromatic rings. The average molecular weight is 254 g/mol. The fourth-order valence-corrected chi connectivity index (χ4v) is 1.69. The van der Waals surface area contributed by atoms with Crippen molar-refractivity contribution in [1.82, 2.24) is 9.78 Å². The molecular weight excluding hydrogens is 232 g/mol. The number of aromatic nitrogens is 2. The van der Waals surface area contributed by atoms with Crippen molar-refractivity contribution < 1.29 is 4.92 Å². The van der Waals surface area contributed by atoms with Gasteiger partial charge < -0.3 is 5.32 Å². The van der Waals surface area contributed by atoms with E-state index in [4.69, 9.17) is 0 Å². The molecule has 0 saturated carbocycles. The highest BCUT2D eigenvalue weighted by molar-refractivity contribution is 5.59. The molecule has 102 valence electrons. The lowest BCUT2D eigenvalue weighted by Gasteiger charge is -2.16. The van der Waals surface area contributed by atoms with E-state index in [0.717, 1.165) is 0 Å². The van der Waals surface area contributed by atoms with E-state index in [1.807, 2.05) is 6.92 Å². The number of hydrogen-bond acceptors (Lipinski definition) is 4. The van der Waals surface area contributed by atoms with Crippen LogP contribution in [0.5, 0.6) is 0 Å². The van der Waals surface area contributed by atoms with Crippen LogP contribution in [0.1, 0.15) is 33.4 Å². The predicted octanol–water partition coefficient (Wildman–Crippen LogP) is 2.59. The first-order valence-electron chi connectivity index (χ1n) is 6.32. The molecule has 1 heterocycles. The number of nitrogens with one attached hydrogen (secondary N) is 1. The molecule has 18 heavy (non-hydrogen) atoms. The van der Waals surface area contributed by atoms with E-state index in [2.05, 4.69) is 31.2 Å². The van der Waals surface area contributed by atoms with Crippen LogP contribution in [-0.4, -0.2) is 21.2 Å². The van der Waals surface area contributed by atoms with Gasteiger partial charge in [-0.05, 0) is 18.3 Å². The van der Waals surface area contributed by atoms with Crippen LogP contribution in [0.15, 0.2) is 0 Å². The second-order valence-electron chi connectivity index (χ2n) is 4.98. The molecule has 6 heteroatoms. The van der Waals surface area contributed by atoms with Gasteiger partial charge in [0.1, 0.15) is 5.69 Å². The highest BCUT2D eigenvalue weighted by Gasteiger charge is 2.25. The summed E-state index contributed by atoms with van der Waals surface area (Å²) in [5, 5.41) is 18.4. The van der Waals surface area contributed by atoms with E-state index >= 15 is 0 Å². The van der Waals surface area contributed by atoms with Crippen LogP contribution < -0.4 is 5.32 Å². The molecule has 0 aliphatic rings. The third-order valence-electron chi connectivity index (χ3n) is 3.34. The van der Waals surface area contributed by atoms with Crippen LogP contribution in [-0.2, 0) is 13.5 Å². The van der Waals surface area contributed by atoms with E-state index < -0.39 is 0 Å². The largest absolute Gasteiger partial charge is 0.364 e. The summed E-state index contributed by atoms with van der Waals surface area (Å²) in [7, 11) is 1.73. The highest BCUT2D eigenvalue weighted by atomic mass is 16.6. The molecule has 1 unspecified atom stereocenters. The number of aryl methyl sites for hydroxylation is 2. The summed E-state index contributed by atoms with van der Waals surface area (Å²) < 4.78 is 1.56. The SMILES string of the molecule is CCc1nn(C)c(NCC(C)C(C)C)c1[N+](=O)[O-]. The first-order chi connectivity index (χ1) is 8.38. The zero-order valence-electron chi connectivity index (χ0n) is 11.7. The molecular formula is C12H22N4O2. The van der Waals surface area contributed by atoms with Crippen molar-refractivity contribution in [2.24, 2.45) is 18.9 Å². The van der Waals surface area contributed by atoms with Gasteiger partial charge in [0.15, 0.2) is 0 Å². The van der Waals surface area contributed by atoms with E-state index in [0.29, 0.717) is 36.3 Å². The van der Waals surface area contributed by atoms with E-state index in [-0.39, 0.29) is 10.6 Å². The van der Waals surface area contributed by atoms with E-state index in [1.54, 1.807) is 11.7 Å². The Kier molecular flexibility index (Phi) is 4.69. The zero-order chi connectivity index (χ0) is 13.9. The molecule has 0 radical (unpaired) electrons. The van der Waals surface area contributed by atoms with Gasteiger partial charge in [-0.15, -0.1) is 0 Å². The summed E-state index contributed by atoms with van der Waals surface area (Å²) in [4.78, 5) is 10.8. The van der Waals surface area contributed by atoms with Crippen molar-refractivity contribution >= 4 is 11.5 Å². The van der Waals surface area contributed by atoms with Crippen molar-refractivity contribution in [2.45, 2.75) is 34.1 Å². The predicted molar refractivity (Wildman–Crippen MR) is 71.7 cm³/mol. The lowest BCUT2D eigenvalue weighted by molar-refractivity contribution is -0.384. The maximum atomic E-state index is 11.1. The topological polar surface area (TPSA) is 73.0 Å². The van der Waals surface area contributed by atoms with Crippen molar-refractivity contribution in [1.29, 1.82) is 0 Å². The van der Waals surface area contributed by atoms with Crippen molar-refractivity contribution in [3.63, 3.8) is 0 Å². The molecule has 0 saturated heterocycles. The molecule has 6 nitrogen and oxygen atoms in total. The minimum absolute atomic E-state index is 0.107. The number of hydrogen-bond donors (Lipinski definition) is 1. The number of nitro groups is 1. The Morgan fingerprint density at radius 1 is 1.44 bits per heavy atom. The molecule has 0 spiro atoms. The fraction of sp³-hybridized carbons (Fsp3) is 0.750. The average Bonchev–Trinajstić information content (AvgIpc) is 2.62. The minimum Gasteiger partial charge on any atom is -0.364 e. The number of anilines is 1. The van der Waals surface area contributed by atoms with Gasteiger partial charge >= 0.3 is 5.69 Å². The lowest BCUT2D eigenvalue weighted by atomic mass is 9.98. The van der Waals surface area contributed by atoms with Gasteiger partial charge in [-0.25, -0.2) is 4.68 Å².